The minimum absolute atomic E-state index is 0.156. The van der Waals surface area contributed by atoms with Gasteiger partial charge < -0.3 is 10.6 Å². The van der Waals surface area contributed by atoms with Crippen molar-refractivity contribution in [3.8, 4) is 0 Å². The van der Waals surface area contributed by atoms with Crippen molar-refractivity contribution in [2.24, 2.45) is 0 Å². The zero-order chi connectivity index (χ0) is 14.5. The molecule has 2 rings (SSSR count). The van der Waals surface area contributed by atoms with E-state index in [2.05, 4.69) is 25.6 Å². The normalized spacial score (nSPS) is 10.7. The van der Waals surface area contributed by atoms with Crippen LogP contribution in [0.15, 0.2) is 21.9 Å². The summed E-state index contributed by atoms with van der Waals surface area (Å²) in [6.45, 7) is 3.95. The molecule has 2 aromatic heterocycles. The largest absolute Gasteiger partial charge is 0.351 e. The maximum atomic E-state index is 11.9. The highest BCUT2D eigenvalue weighted by Gasteiger charge is 2.09. The van der Waals surface area contributed by atoms with Gasteiger partial charge >= 0.3 is 5.69 Å². The second-order valence-electron chi connectivity index (χ2n) is 4.14. The molecule has 106 valence electrons. The van der Waals surface area contributed by atoms with Crippen molar-refractivity contribution in [2.75, 3.05) is 19.6 Å². The number of nitrogens with zero attached hydrogens (tertiary/aromatic N) is 1. The molecule has 2 heterocycles. The van der Waals surface area contributed by atoms with Crippen LogP contribution < -0.4 is 21.9 Å². The molecule has 8 heteroatoms. The van der Waals surface area contributed by atoms with Gasteiger partial charge in [-0.15, -0.1) is 0 Å². The first-order valence-corrected chi connectivity index (χ1v) is 6.23. The van der Waals surface area contributed by atoms with Gasteiger partial charge in [0.05, 0.1) is 10.9 Å². The van der Waals surface area contributed by atoms with Gasteiger partial charge in [0.15, 0.2) is 0 Å². The summed E-state index contributed by atoms with van der Waals surface area (Å²) in [6.07, 6.45) is 1.32. The lowest BCUT2D eigenvalue weighted by Gasteiger charge is -2.05. The lowest BCUT2D eigenvalue weighted by Crippen LogP contribution is -2.32. The highest BCUT2D eigenvalue weighted by atomic mass is 16.2. The number of aromatic amines is 2. The molecule has 0 radical (unpaired) electrons. The number of H-pyrrole nitrogens is 2. The molecule has 8 nitrogen and oxygen atoms in total. The lowest BCUT2D eigenvalue weighted by atomic mass is 10.2. The molecule has 0 saturated heterocycles. The summed E-state index contributed by atoms with van der Waals surface area (Å²) < 4.78 is 0. The van der Waals surface area contributed by atoms with Crippen molar-refractivity contribution in [1.82, 2.24) is 25.6 Å². The third-order valence-electron chi connectivity index (χ3n) is 2.69. The van der Waals surface area contributed by atoms with Gasteiger partial charge in [-0.1, -0.05) is 6.92 Å². The van der Waals surface area contributed by atoms with Gasteiger partial charge in [0.25, 0.3) is 11.5 Å². The second kappa shape index (κ2) is 6.11. The van der Waals surface area contributed by atoms with Crippen LogP contribution in [-0.4, -0.2) is 40.5 Å². The topological polar surface area (TPSA) is 120 Å². The Bertz CT molecular complexity index is 734. The van der Waals surface area contributed by atoms with E-state index in [1.165, 1.54) is 12.3 Å². The summed E-state index contributed by atoms with van der Waals surface area (Å²) in [5.74, 6) is -0.317. The van der Waals surface area contributed by atoms with Crippen LogP contribution in [0.1, 0.15) is 17.3 Å². The van der Waals surface area contributed by atoms with Crippen molar-refractivity contribution in [3.05, 3.63) is 38.7 Å². The Morgan fingerprint density at radius 2 is 2.10 bits per heavy atom. The zero-order valence-electron chi connectivity index (χ0n) is 10.9. The number of hydrogen-bond acceptors (Lipinski definition) is 5. The Kier molecular flexibility index (Phi) is 4.26. The van der Waals surface area contributed by atoms with Crippen molar-refractivity contribution in [2.45, 2.75) is 6.92 Å². The summed E-state index contributed by atoms with van der Waals surface area (Å²) in [5.41, 5.74) is -0.772. The van der Waals surface area contributed by atoms with Crippen LogP contribution in [0.3, 0.4) is 0 Å². The molecule has 0 bridgehead atoms. The molecular formula is C12H15N5O3. The third kappa shape index (κ3) is 3.09. The molecule has 0 aromatic carbocycles. The van der Waals surface area contributed by atoms with Gasteiger partial charge in [-0.3, -0.25) is 19.6 Å². The van der Waals surface area contributed by atoms with E-state index in [0.29, 0.717) is 13.1 Å². The number of rotatable bonds is 5. The van der Waals surface area contributed by atoms with E-state index in [1.807, 2.05) is 6.92 Å². The minimum atomic E-state index is -0.627. The van der Waals surface area contributed by atoms with Crippen LogP contribution in [0.2, 0.25) is 0 Å². The van der Waals surface area contributed by atoms with Crippen molar-refractivity contribution in [1.29, 1.82) is 0 Å². The maximum absolute atomic E-state index is 11.9. The van der Waals surface area contributed by atoms with E-state index in [1.54, 1.807) is 0 Å². The van der Waals surface area contributed by atoms with E-state index in [9.17, 15) is 14.4 Å². The molecular weight excluding hydrogens is 262 g/mol. The summed E-state index contributed by atoms with van der Waals surface area (Å²) in [4.78, 5) is 43.0. The first-order chi connectivity index (χ1) is 9.61. The fourth-order valence-electron chi connectivity index (χ4n) is 1.71. The molecule has 0 spiro atoms. The maximum Gasteiger partial charge on any atom is 0.327 e. The Morgan fingerprint density at radius 3 is 2.85 bits per heavy atom. The molecule has 4 N–H and O–H groups in total. The molecule has 0 fully saturated rings. The molecule has 2 aromatic rings. The highest BCUT2D eigenvalue weighted by Crippen LogP contribution is 2.04. The van der Waals surface area contributed by atoms with Crippen molar-refractivity contribution >= 4 is 16.9 Å². The smallest absolute Gasteiger partial charge is 0.327 e. The summed E-state index contributed by atoms with van der Waals surface area (Å²) in [6, 6.07) is 1.40. The van der Waals surface area contributed by atoms with Crippen LogP contribution in [-0.2, 0) is 0 Å². The second-order valence-corrected chi connectivity index (χ2v) is 4.14. The molecule has 0 aliphatic heterocycles. The van der Waals surface area contributed by atoms with Gasteiger partial charge in [0, 0.05) is 19.3 Å². The van der Waals surface area contributed by atoms with Gasteiger partial charge in [0.2, 0.25) is 0 Å². The average Bonchev–Trinajstić information content (AvgIpc) is 2.43. The Hall–Kier alpha value is -2.48. The first-order valence-electron chi connectivity index (χ1n) is 6.23. The third-order valence-corrected chi connectivity index (χ3v) is 2.69. The monoisotopic (exact) mass is 277 g/mol. The number of carbonyl (C=O) groups excluding carboxylic acids is 1. The SMILES string of the molecule is CCNCCNC(=O)c1cnc2[nH]c(=O)[nH]c(=O)c2c1. The summed E-state index contributed by atoms with van der Waals surface area (Å²) >= 11 is 0. The predicted molar refractivity (Wildman–Crippen MR) is 73.9 cm³/mol. The molecule has 0 aliphatic carbocycles. The molecule has 0 atom stereocenters. The van der Waals surface area contributed by atoms with Crippen LogP contribution in [0, 0.1) is 0 Å². The molecule has 0 unspecified atom stereocenters. The van der Waals surface area contributed by atoms with Crippen molar-refractivity contribution < 1.29 is 4.79 Å². The summed E-state index contributed by atoms with van der Waals surface area (Å²) in [7, 11) is 0. The lowest BCUT2D eigenvalue weighted by molar-refractivity contribution is 0.0954. The Balaban J connectivity index is 2.21. The van der Waals surface area contributed by atoms with Crippen LogP contribution >= 0.6 is 0 Å². The van der Waals surface area contributed by atoms with E-state index in [-0.39, 0.29) is 22.5 Å². The van der Waals surface area contributed by atoms with Crippen molar-refractivity contribution in [3.63, 3.8) is 0 Å². The standard InChI is InChI=1S/C12H15N5O3/c1-2-13-3-4-14-10(18)7-5-8-9(15-6-7)16-12(20)17-11(8)19/h5-6,13H,2-4H2,1H3,(H,14,18)(H2,15,16,17,19,20). The first kappa shape index (κ1) is 13.9. The molecule has 0 aliphatic rings. The number of hydrogen-bond donors (Lipinski definition) is 4. The van der Waals surface area contributed by atoms with Crippen LogP contribution in [0.4, 0.5) is 0 Å². The van der Waals surface area contributed by atoms with Gasteiger partial charge in [-0.05, 0) is 12.6 Å². The molecule has 20 heavy (non-hydrogen) atoms. The fraction of sp³-hybridized carbons (Fsp3) is 0.333. The zero-order valence-corrected chi connectivity index (χ0v) is 10.9. The Labute approximate surface area is 113 Å². The minimum Gasteiger partial charge on any atom is -0.351 e. The van der Waals surface area contributed by atoms with E-state index in [0.717, 1.165) is 6.54 Å². The number of carbonyl (C=O) groups is 1. The number of amides is 1. The number of likely N-dealkylation sites (N-methyl/N-ethyl adjacent to an activating group) is 1. The quantitative estimate of drug-likeness (QED) is 0.520. The van der Waals surface area contributed by atoms with E-state index < -0.39 is 11.2 Å². The van der Waals surface area contributed by atoms with E-state index in [4.69, 9.17) is 0 Å². The van der Waals surface area contributed by atoms with E-state index >= 15 is 0 Å². The van der Waals surface area contributed by atoms with Gasteiger partial charge in [0.1, 0.15) is 5.65 Å². The highest BCUT2D eigenvalue weighted by molar-refractivity contribution is 5.96. The fourth-order valence-corrected chi connectivity index (χ4v) is 1.71. The van der Waals surface area contributed by atoms with Crippen LogP contribution in [0.25, 0.3) is 11.0 Å². The molecule has 0 saturated carbocycles. The Morgan fingerprint density at radius 1 is 1.30 bits per heavy atom. The number of pyridine rings is 1. The van der Waals surface area contributed by atoms with Gasteiger partial charge in [-0.2, -0.15) is 0 Å². The number of aromatic nitrogens is 3. The summed E-state index contributed by atoms with van der Waals surface area (Å²) in [5, 5.41) is 5.95. The predicted octanol–water partition coefficient (Wildman–Crippen LogP) is -1.05. The molecule has 1 amide bonds. The number of nitrogens with one attached hydrogen (secondary N) is 4. The van der Waals surface area contributed by atoms with Gasteiger partial charge in [-0.25, -0.2) is 9.78 Å². The average molecular weight is 277 g/mol. The van der Waals surface area contributed by atoms with Crippen LogP contribution in [0.5, 0.6) is 0 Å². The number of fused-ring (bicyclic) bond motifs is 1.